The van der Waals surface area contributed by atoms with E-state index < -0.39 is 12.0 Å². The highest BCUT2D eigenvalue weighted by molar-refractivity contribution is 5.81. The van der Waals surface area contributed by atoms with Crippen molar-refractivity contribution in [3.63, 3.8) is 0 Å². The second-order valence-corrected chi connectivity index (χ2v) is 4.93. The van der Waals surface area contributed by atoms with E-state index in [1.165, 1.54) is 6.92 Å². The molecule has 2 atom stereocenters. The van der Waals surface area contributed by atoms with Gasteiger partial charge in [0.1, 0.15) is 6.04 Å². The van der Waals surface area contributed by atoms with Crippen molar-refractivity contribution >= 4 is 11.9 Å². The van der Waals surface area contributed by atoms with Gasteiger partial charge in [0.2, 0.25) is 5.91 Å². The third kappa shape index (κ3) is 6.33. The molecule has 110 valence electrons. The maximum atomic E-state index is 11.0. The molecule has 2 N–H and O–H groups in total. The fourth-order valence-corrected chi connectivity index (χ4v) is 1.89. The van der Waals surface area contributed by atoms with E-state index in [9.17, 15) is 9.59 Å². The van der Waals surface area contributed by atoms with Crippen molar-refractivity contribution < 1.29 is 19.4 Å². The summed E-state index contributed by atoms with van der Waals surface area (Å²) in [5.41, 5.74) is 1.08. The molecule has 0 saturated heterocycles. The van der Waals surface area contributed by atoms with Gasteiger partial charge in [-0.25, -0.2) is 4.79 Å². The number of hydrogen-bond acceptors (Lipinski definition) is 3. The fraction of sp³-hybridized carbons (Fsp3) is 0.467. The molecule has 2 unspecified atom stereocenters. The number of carbonyl (C=O) groups is 2. The second kappa shape index (κ2) is 8.32. The van der Waals surface area contributed by atoms with E-state index in [0.29, 0.717) is 19.6 Å². The zero-order valence-electron chi connectivity index (χ0n) is 11.8. The lowest BCUT2D eigenvalue weighted by Crippen LogP contribution is -2.41. The van der Waals surface area contributed by atoms with Crippen molar-refractivity contribution in [1.82, 2.24) is 5.32 Å². The monoisotopic (exact) mass is 279 g/mol. The molecule has 1 rings (SSSR count). The summed E-state index contributed by atoms with van der Waals surface area (Å²) in [5, 5.41) is 11.4. The summed E-state index contributed by atoms with van der Waals surface area (Å²) in [5.74, 6) is -1.31. The minimum atomic E-state index is -1.02. The van der Waals surface area contributed by atoms with Crippen LogP contribution < -0.4 is 5.32 Å². The van der Waals surface area contributed by atoms with E-state index in [4.69, 9.17) is 9.84 Å². The summed E-state index contributed by atoms with van der Waals surface area (Å²) in [6.07, 6.45) is 0.351. The summed E-state index contributed by atoms with van der Waals surface area (Å²) in [7, 11) is 0. The highest BCUT2D eigenvalue weighted by Crippen LogP contribution is 2.09. The molecular formula is C15H21NO4. The molecule has 0 aliphatic rings. The largest absolute Gasteiger partial charge is 0.480 e. The Morgan fingerprint density at radius 2 is 1.95 bits per heavy atom. The molecular weight excluding hydrogens is 258 g/mol. The van der Waals surface area contributed by atoms with Gasteiger partial charge in [0, 0.05) is 13.5 Å². The van der Waals surface area contributed by atoms with E-state index in [1.807, 2.05) is 37.3 Å². The molecule has 1 amide bonds. The smallest absolute Gasteiger partial charge is 0.326 e. The zero-order chi connectivity index (χ0) is 15.0. The number of ether oxygens (including phenoxy) is 1. The Balaban J connectivity index is 2.32. The molecule has 1 aromatic rings. The lowest BCUT2D eigenvalue weighted by atomic mass is 10.0. The zero-order valence-corrected chi connectivity index (χ0v) is 11.8. The van der Waals surface area contributed by atoms with Gasteiger partial charge in [-0.2, -0.15) is 0 Å². The summed E-state index contributed by atoms with van der Waals surface area (Å²) >= 11 is 0. The van der Waals surface area contributed by atoms with Gasteiger partial charge in [-0.05, 0) is 17.9 Å². The molecule has 5 heteroatoms. The van der Waals surface area contributed by atoms with Crippen molar-refractivity contribution in [1.29, 1.82) is 0 Å². The number of carboxylic acid groups (broad SMARTS) is 1. The van der Waals surface area contributed by atoms with Crippen LogP contribution in [0.4, 0.5) is 0 Å². The first kappa shape index (κ1) is 16.2. The van der Waals surface area contributed by atoms with E-state index in [1.54, 1.807) is 0 Å². The third-order valence-corrected chi connectivity index (χ3v) is 2.83. The lowest BCUT2D eigenvalue weighted by Gasteiger charge is -2.18. The topological polar surface area (TPSA) is 75.6 Å². The van der Waals surface area contributed by atoms with Crippen LogP contribution in [0, 0.1) is 5.92 Å². The third-order valence-electron chi connectivity index (χ3n) is 2.83. The van der Waals surface area contributed by atoms with Crippen molar-refractivity contribution in [2.75, 3.05) is 6.61 Å². The number of carbonyl (C=O) groups excluding carboxylic acids is 1. The maximum absolute atomic E-state index is 11.0. The van der Waals surface area contributed by atoms with Gasteiger partial charge >= 0.3 is 5.97 Å². The van der Waals surface area contributed by atoms with Gasteiger partial charge in [-0.3, -0.25) is 4.79 Å². The summed E-state index contributed by atoms with van der Waals surface area (Å²) in [4.78, 5) is 21.9. The van der Waals surface area contributed by atoms with Crippen molar-refractivity contribution in [2.45, 2.75) is 32.9 Å². The fourth-order valence-electron chi connectivity index (χ4n) is 1.89. The first-order valence-electron chi connectivity index (χ1n) is 6.60. The number of nitrogens with one attached hydrogen (secondary N) is 1. The van der Waals surface area contributed by atoms with Crippen LogP contribution in [0.1, 0.15) is 25.8 Å². The Morgan fingerprint density at radius 3 is 2.50 bits per heavy atom. The van der Waals surface area contributed by atoms with E-state index in [2.05, 4.69) is 5.32 Å². The highest BCUT2D eigenvalue weighted by Gasteiger charge is 2.21. The number of rotatable bonds is 8. The number of hydrogen-bond donors (Lipinski definition) is 2. The molecule has 0 aliphatic heterocycles. The molecule has 0 aromatic heterocycles. The van der Waals surface area contributed by atoms with Crippen molar-refractivity contribution in [3.8, 4) is 0 Å². The SMILES string of the molecule is CC(=O)NC(CC(C)COCc1ccccc1)C(=O)O. The molecule has 20 heavy (non-hydrogen) atoms. The highest BCUT2D eigenvalue weighted by atomic mass is 16.5. The van der Waals surface area contributed by atoms with E-state index in [-0.39, 0.29) is 11.8 Å². The van der Waals surface area contributed by atoms with Gasteiger partial charge in [0.25, 0.3) is 0 Å². The summed E-state index contributed by atoms with van der Waals surface area (Å²) in [6, 6.07) is 8.92. The molecule has 0 spiro atoms. The standard InChI is InChI=1S/C15H21NO4/c1-11(8-14(15(18)19)16-12(2)17)9-20-10-13-6-4-3-5-7-13/h3-7,11,14H,8-10H2,1-2H3,(H,16,17)(H,18,19). The predicted octanol–water partition coefficient (Wildman–Crippen LogP) is 1.82. The van der Waals surface area contributed by atoms with Crippen LogP contribution in [0.5, 0.6) is 0 Å². The van der Waals surface area contributed by atoms with E-state index >= 15 is 0 Å². The minimum Gasteiger partial charge on any atom is -0.480 e. The summed E-state index contributed by atoms with van der Waals surface area (Å²) in [6.45, 7) is 4.18. The Kier molecular flexibility index (Phi) is 6.73. The number of amides is 1. The minimum absolute atomic E-state index is 0.0478. The number of carboxylic acids is 1. The molecule has 0 heterocycles. The van der Waals surface area contributed by atoms with Gasteiger partial charge in [0.15, 0.2) is 0 Å². The van der Waals surface area contributed by atoms with Gasteiger partial charge in [-0.15, -0.1) is 0 Å². The Bertz CT molecular complexity index is 433. The van der Waals surface area contributed by atoms with Crippen LogP contribution in [0.25, 0.3) is 0 Å². The molecule has 1 aromatic carbocycles. The second-order valence-electron chi connectivity index (χ2n) is 4.93. The number of aliphatic carboxylic acids is 1. The molecule has 0 fully saturated rings. The molecule has 0 aliphatic carbocycles. The first-order valence-corrected chi connectivity index (χ1v) is 6.60. The van der Waals surface area contributed by atoms with Crippen molar-refractivity contribution in [3.05, 3.63) is 35.9 Å². The summed E-state index contributed by atoms with van der Waals surface area (Å²) < 4.78 is 5.56. The first-order chi connectivity index (χ1) is 9.49. The van der Waals surface area contributed by atoms with Crippen LogP contribution in [-0.4, -0.2) is 29.6 Å². The molecule has 0 bridgehead atoms. The van der Waals surface area contributed by atoms with Crippen LogP contribution in [-0.2, 0) is 20.9 Å². The van der Waals surface area contributed by atoms with Crippen LogP contribution in [0.2, 0.25) is 0 Å². The van der Waals surface area contributed by atoms with Crippen LogP contribution in [0.3, 0.4) is 0 Å². The molecule has 0 saturated carbocycles. The average molecular weight is 279 g/mol. The van der Waals surface area contributed by atoms with Crippen LogP contribution in [0.15, 0.2) is 30.3 Å². The van der Waals surface area contributed by atoms with Gasteiger partial charge in [-0.1, -0.05) is 37.3 Å². The Hall–Kier alpha value is -1.88. The maximum Gasteiger partial charge on any atom is 0.326 e. The Labute approximate surface area is 118 Å². The normalized spacial score (nSPS) is 13.5. The quantitative estimate of drug-likeness (QED) is 0.761. The predicted molar refractivity (Wildman–Crippen MR) is 75.1 cm³/mol. The lowest BCUT2D eigenvalue weighted by molar-refractivity contribution is -0.142. The van der Waals surface area contributed by atoms with Crippen molar-refractivity contribution in [2.24, 2.45) is 5.92 Å². The average Bonchev–Trinajstić information content (AvgIpc) is 2.38. The Morgan fingerprint density at radius 1 is 1.30 bits per heavy atom. The molecule has 5 nitrogen and oxygen atoms in total. The van der Waals surface area contributed by atoms with Crippen LogP contribution >= 0.6 is 0 Å². The van der Waals surface area contributed by atoms with Gasteiger partial charge < -0.3 is 15.2 Å². The number of benzene rings is 1. The van der Waals surface area contributed by atoms with Gasteiger partial charge in [0.05, 0.1) is 6.61 Å². The van der Waals surface area contributed by atoms with E-state index in [0.717, 1.165) is 5.56 Å². The molecule has 0 radical (unpaired) electrons.